The van der Waals surface area contributed by atoms with E-state index in [1.165, 1.54) is 6.07 Å². The fourth-order valence-corrected chi connectivity index (χ4v) is 3.87. The molecule has 156 valence electrons. The van der Waals surface area contributed by atoms with Crippen molar-refractivity contribution in [2.24, 2.45) is 0 Å². The second-order valence-electron chi connectivity index (χ2n) is 7.09. The van der Waals surface area contributed by atoms with Crippen LogP contribution < -0.4 is 10.1 Å². The van der Waals surface area contributed by atoms with Gasteiger partial charge in [-0.25, -0.2) is 8.42 Å². The molecule has 1 saturated carbocycles. The highest BCUT2D eigenvalue weighted by Crippen LogP contribution is 2.35. The number of nitrogens with one attached hydrogen (secondary N) is 1. The third-order valence-corrected chi connectivity index (χ3v) is 5.95. The molecule has 1 fully saturated rings. The number of hydrogen-bond acceptors (Lipinski definition) is 5. The van der Waals surface area contributed by atoms with Crippen LogP contribution >= 0.6 is 11.6 Å². The van der Waals surface area contributed by atoms with E-state index in [1.54, 1.807) is 42.6 Å². The molecule has 30 heavy (non-hydrogen) atoms. The van der Waals surface area contributed by atoms with Gasteiger partial charge in [0.15, 0.2) is 16.5 Å². The molecule has 2 aromatic carbocycles. The molecule has 0 radical (unpaired) electrons. The number of anilines is 1. The van der Waals surface area contributed by atoms with Gasteiger partial charge in [-0.2, -0.15) is 5.10 Å². The summed E-state index contributed by atoms with van der Waals surface area (Å²) in [7, 11) is -2.86. The van der Waals surface area contributed by atoms with Crippen LogP contribution in [0.1, 0.15) is 30.0 Å². The van der Waals surface area contributed by atoms with Crippen LogP contribution in [0.4, 0.5) is 5.69 Å². The third kappa shape index (κ3) is 5.01. The largest absolute Gasteiger partial charge is 0.486 e. The second kappa shape index (κ2) is 8.89. The minimum atomic E-state index is -2.86. The molecule has 3 aromatic rings. The number of nitrogens with zero attached hydrogens (tertiary/aromatic N) is 2. The molecule has 0 spiro atoms. The normalized spacial score (nSPS) is 13.4. The van der Waals surface area contributed by atoms with E-state index in [0.29, 0.717) is 33.6 Å². The Hall–Kier alpha value is -2.84. The summed E-state index contributed by atoms with van der Waals surface area (Å²) in [6.07, 6.45) is 5.77. The lowest BCUT2D eigenvalue weighted by atomic mass is 10.1. The molecule has 1 heterocycles. The molecular weight excluding hydrogens is 426 g/mol. The Morgan fingerprint density at radius 3 is 2.73 bits per heavy atom. The van der Waals surface area contributed by atoms with E-state index in [0.717, 1.165) is 12.8 Å². The maximum atomic E-state index is 12.3. The Kier molecular flexibility index (Phi) is 6.06. The number of aromatic nitrogens is 2. The van der Waals surface area contributed by atoms with E-state index in [1.807, 2.05) is 10.9 Å². The van der Waals surface area contributed by atoms with Gasteiger partial charge in [0, 0.05) is 16.3 Å². The van der Waals surface area contributed by atoms with Crippen LogP contribution in [0.25, 0.3) is 0 Å². The maximum Gasteiger partial charge on any atom is 0.228 e. The van der Waals surface area contributed by atoms with Gasteiger partial charge in [-0.15, -0.1) is 0 Å². The zero-order valence-corrected chi connectivity index (χ0v) is 17.6. The summed E-state index contributed by atoms with van der Waals surface area (Å²) in [4.78, 5) is 12.4. The highest BCUT2D eigenvalue weighted by atomic mass is 35.5. The number of benzene rings is 2. The molecule has 1 amide bonds. The van der Waals surface area contributed by atoms with Crippen molar-refractivity contribution in [2.45, 2.75) is 36.8 Å². The molecule has 0 unspecified atom stereocenters. The predicted molar refractivity (Wildman–Crippen MR) is 114 cm³/mol. The van der Waals surface area contributed by atoms with Gasteiger partial charge in [-0.05, 0) is 36.6 Å². The molecule has 0 aliphatic heterocycles. The van der Waals surface area contributed by atoms with E-state index < -0.39 is 10.7 Å². The minimum Gasteiger partial charge on any atom is -0.486 e. The lowest BCUT2D eigenvalue weighted by Crippen LogP contribution is -2.15. The van der Waals surface area contributed by atoms with Crippen molar-refractivity contribution in [3.63, 3.8) is 0 Å². The van der Waals surface area contributed by atoms with E-state index in [2.05, 4.69) is 10.4 Å². The van der Waals surface area contributed by atoms with Crippen LogP contribution in [0.3, 0.4) is 0 Å². The first kappa shape index (κ1) is 20.4. The Morgan fingerprint density at radius 2 is 2.00 bits per heavy atom. The Morgan fingerprint density at radius 1 is 1.20 bits per heavy atom. The first-order valence-corrected chi connectivity index (χ1v) is 11.0. The monoisotopic (exact) mass is 445 g/mol. The SMILES string of the molecule is O=C(Cc1ccccc1Cl)Nc1ccc(COc2cnn(C3CC3)c2)c([SH](=O)=O)c1. The minimum absolute atomic E-state index is 0.0862. The summed E-state index contributed by atoms with van der Waals surface area (Å²) in [5, 5.41) is 7.48. The van der Waals surface area contributed by atoms with E-state index in [9.17, 15) is 13.2 Å². The molecule has 1 aliphatic carbocycles. The first-order chi connectivity index (χ1) is 14.5. The molecule has 0 atom stereocenters. The van der Waals surface area contributed by atoms with Crippen LogP contribution in [0.2, 0.25) is 5.02 Å². The fourth-order valence-electron chi connectivity index (χ4n) is 3.05. The highest BCUT2D eigenvalue weighted by molar-refractivity contribution is 7.72. The molecular formula is C21H20ClN3O4S. The van der Waals surface area contributed by atoms with E-state index in [4.69, 9.17) is 16.3 Å². The van der Waals surface area contributed by atoms with Gasteiger partial charge in [0.2, 0.25) is 5.91 Å². The van der Waals surface area contributed by atoms with Crippen molar-refractivity contribution < 1.29 is 17.9 Å². The fraction of sp³-hybridized carbons (Fsp3) is 0.238. The molecule has 9 heteroatoms. The predicted octanol–water partition coefficient (Wildman–Crippen LogP) is 3.60. The molecule has 4 rings (SSSR count). The summed E-state index contributed by atoms with van der Waals surface area (Å²) in [6.45, 7) is 0.0862. The van der Waals surface area contributed by atoms with Crippen molar-refractivity contribution in [3.05, 3.63) is 71.0 Å². The molecule has 0 bridgehead atoms. The standard InChI is InChI=1S/C21H20ClN3O4S/c22-19-4-2-1-3-14(19)9-21(26)24-16-6-5-15(20(10-16)30(27)28)13-29-18-11-23-25(12-18)17-7-8-17/h1-6,10-12,17,30H,7-9,13H2,(H,24,26). The van der Waals surface area contributed by atoms with Crippen LogP contribution in [0.5, 0.6) is 5.75 Å². The van der Waals surface area contributed by atoms with Crippen LogP contribution in [0, 0.1) is 0 Å². The van der Waals surface area contributed by atoms with Crippen LogP contribution in [-0.2, 0) is 28.5 Å². The number of rotatable bonds is 8. The van der Waals surface area contributed by atoms with Gasteiger partial charge >= 0.3 is 0 Å². The van der Waals surface area contributed by atoms with Gasteiger partial charge in [-0.1, -0.05) is 35.9 Å². The lowest BCUT2D eigenvalue weighted by Gasteiger charge is -2.10. The topological polar surface area (TPSA) is 90.3 Å². The number of hydrogen-bond donors (Lipinski definition) is 2. The highest BCUT2D eigenvalue weighted by Gasteiger charge is 2.24. The average molecular weight is 446 g/mol. The van der Waals surface area contributed by atoms with Gasteiger partial charge in [0.25, 0.3) is 0 Å². The summed E-state index contributed by atoms with van der Waals surface area (Å²) in [5.41, 5.74) is 1.60. The summed E-state index contributed by atoms with van der Waals surface area (Å²) >= 11 is 6.09. The number of thiol groups is 1. The van der Waals surface area contributed by atoms with Gasteiger partial charge < -0.3 is 10.1 Å². The van der Waals surface area contributed by atoms with Crippen molar-refractivity contribution in [2.75, 3.05) is 5.32 Å². The second-order valence-corrected chi connectivity index (χ2v) is 8.50. The van der Waals surface area contributed by atoms with Crippen molar-refractivity contribution in [1.82, 2.24) is 9.78 Å². The molecule has 1 aromatic heterocycles. The number of carbonyl (C=O) groups is 1. The quantitative estimate of drug-likeness (QED) is 0.517. The number of ether oxygens (including phenoxy) is 1. The number of carbonyl (C=O) groups excluding carboxylic acids is 1. The van der Waals surface area contributed by atoms with Crippen LogP contribution in [0.15, 0.2) is 59.8 Å². The van der Waals surface area contributed by atoms with Gasteiger partial charge in [0.1, 0.15) is 6.61 Å². The molecule has 1 N–H and O–H groups in total. The van der Waals surface area contributed by atoms with E-state index in [-0.39, 0.29) is 23.8 Å². The zero-order valence-electron chi connectivity index (χ0n) is 16.0. The smallest absolute Gasteiger partial charge is 0.228 e. The Labute approximate surface area is 180 Å². The maximum absolute atomic E-state index is 12.3. The first-order valence-electron chi connectivity index (χ1n) is 9.47. The molecule has 1 aliphatic rings. The summed E-state index contributed by atoms with van der Waals surface area (Å²) < 4.78 is 31.1. The van der Waals surface area contributed by atoms with Crippen molar-refractivity contribution in [1.29, 1.82) is 0 Å². The Balaban J connectivity index is 1.43. The average Bonchev–Trinajstić information content (AvgIpc) is 3.47. The van der Waals surface area contributed by atoms with Crippen LogP contribution in [-0.4, -0.2) is 24.1 Å². The van der Waals surface area contributed by atoms with Crippen molar-refractivity contribution in [3.8, 4) is 5.75 Å². The molecule has 7 nitrogen and oxygen atoms in total. The number of halogens is 1. The van der Waals surface area contributed by atoms with Gasteiger partial charge in [-0.3, -0.25) is 9.48 Å². The molecule has 0 saturated heterocycles. The van der Waals surface area contributed by atoms with Gasteiger partial charge in [0.05, 0.1) is 29.8 Å². The summed E-state index contributed by atoms with van der Waals surface area (Å²) in [6, 6.07) is 12.2. The number of amides is 1. The Bertz CT molecular complexity index is 1150. The van der Waals surface area contributed by atoms with E-state index >= 15 is 0 Å². The zero-order chi connectivity index (χ0) is 21.1. The third-order valence-electron chi connectivity index (χ3n) is 4.77. The lowest BCUT2D eigenvalue weighted by molar-refractivity contribution is -0.115. The summed E-state index contributed by atoms with van der Waals surface area (Å²) in [5.74, 6) is 0.303. The van der Waals surface area contributed by atoms with Crippen molar-refractivity contribution >= 4 is 33.9 Å².